The normalized spacial score (nSPS) is 11.5. The Morgan fingerprint density at radius 2 is 0.935 bits per heavy atom. The van der Waals surface area contributed by atoms with Crippen molar-refractivity contribution in [2.24, 2.45) is 0 Å². The van der Waals surface area contributed by atoms with E-state index in [1.807, 2.05) is 29.5 Å². The number of benzene rings is 7. The molecule has 0 bridgehead atoms. The molecule has 0 spiro atoms. The molecule has 0 fully saturated rings. The first kappa shape index (κ1) is 26.6. The van der Waals surface area contributed by atoms with E-state index in [1.54, 1.807) is 0 Å². The van der Waals surface area contributed by atoms with Gasteiger partial charge in [-0.2, -0.15) is 0 Å². The highest BCUT2D eigenvalue weighted by Gasteiger charge is 2.18. The van der Waals surface area contributed by atoms with Crippen LogP contribution in [-0.4, -0.2) is 14.8 Å². The van der Waals surface area contributed by atoms with Gasteiger partial charge in [-0.3, -0.25) is 4.57 Å². The quantitative estimate of drug-likeness (QED) is 0.195. The van der Waals surface area contributed by atoms with Crippen LogP contribution < -0.4 is 0 Å². The second-order valence-electron chi connectivity index (χ2n) is 11.5. The van der Waals surface area contributed by atoms with Gasteiger partial charge >= 0.3 is 0 Å². The summed E-state index contributed by atoms with van der Waals surface area (Å²) in [6.07, 6.45) is 0. The largest absolute Gasteiger partial charge is 0.275 e. The number of nitrogens with zero attached hydrogens (tertiary/aromatic N) is 3. The highest BCUT2D eigenvalue weighted by Crippen LogP contribution is 2.40. The maximum Gasteiger partial charge on any atom is 0.168 e. The summed E-state index contributed by atoms with van der Waals surface area (Å²) in [5.74, 6) is 1.62. The second-order valence-corrected chi connectivity index (χ2v) is 12.5. The van der Waals surface area contributed by atoms with Gasteiger partial charge in [-0.05, 0) is 51.2 Å². The summed E-state index contributed by atoms with van der Waals surface area (Å²) in [5, 5.41) is 14.6. The van der Waals surface area contributed by atoms with E-state index >= 15 is 0 Å². The van der Waals surface area contributed by atoms with E-state index in [0.29, 0.717) is 0 Å². The lowest BCUT2D eigenvalue weighted by atomic mass is 9.98. The van der Waals surface area contributed by atoms with Gasteiger partial charge in [-0.1, -0.05) is 146 Å². The lowest BCUT2D eigenvalue weighted by Crippen LogP contribution is -2.00. The highest BCUT2D eigenvalue weighted by molar-refractivity contribution is 7.26. The zero-order valence-corrected chi connectivity index (χ0v) is 25.7. The molecule has 216 valence electrons. The Balaban J connectivity index is 1.14. The predicted octanol–water partition coefficient (Wildman–Crippen LogP) is 11.5. The van der Waals surface area contributed by atoms with Crippen LogP contribution in [0, 0.1) is 0 Å². The van der Waals surface area contributed by atoms with E-state index in [4.69, 9.17) is 10.2 Å². The summed E-state index contributed by atoms with van der Waals surface area (Å²) in [6, 6.07) is 58.1. The number of rotatable bonds is 5. The van der Waals surface area contributed by atoms with Gasteiger partial charge < -0.3 is 0 Å². The summed E-state index contributed by atoms with van der Waals surface area (Å²) in [7, 11) is 0. The molecule has 0 saturated carbocycles. The molecule has 9 rings (SSSR count). The molecule has 4 heteroatoms. The zero-order chi connectivity index (χ0) is 30.5. The zero-order valence-electron chi connectivity index (χ0n) is 24.8. The van der Waals surface area contributed by atoms with Gasteiger partial charge in [0, 0.05) is 37.0 Å². The molecule has 0 atom stereocenters. The molecule has 0 radical (unpaired) electrons. The van der Waals surface area contributed by atoms with Crippen LogP contribution >= 0.6 is 11.3 Å². The standard InChI is InChI=1S/C42H27N3S/c1-2-11-31(12-3-1)41-43-44-42(45(41)33-26-24-29(25-27-33)35-16-8-13-28-10-4-5-14-34(28)35)32-22-20-30(21-23-32)36-17-9-18-38-37-15-6-7-19-39(37)46-40(36)38/h1-27H. The van der Waals surface area contributed by atoms with Crippen molar-refractivity contribution in [3.05, 3.63) is 164 Å². The summed E-state index contributed by atoms with van der Waals surface area (Å²) in [6.45, 7) is 0. The van der Waals surface area contributed by atoms with Crippen molar-refractivity contribution in [1.29, 1.82) is 0 Å². The summed E-state index contributed by atoms with van der Waals surface area (Å²) in [4.78, 5) is 0. The third-order valence-corrected chi connectivity index (χ3v) is 10.00. The summed E-state index contributed by atoms with van der Waals surface area (Å²) in [5.41, 5.74) is 7.89. The van der Waals surface area contributed by atoms with E-state index in [2.05, 4.69) is 150 Å². The molecule has 2 heterocycles. The molecule has 7 aromatic carbocycles. The molecule has 9 aromatic rings. The van der Waals surface area contributed by atoms with Crippen molar-refractivity contribution in [3.63, 3.8) is 0 Å². The van der Waals surface area contributed by atoms with E-state index in [1.165, 1.54) is 53.2 Å². The fraction of sp³-hybridized carbons (Fsp3) is 0. The Kier molecular flexibility index (Phi) is 6.32. The van der Waals surface area contributed by atoms with Gasteiger partial charge in [0.15, 0.2) is 11.6 Å². The molecule has 0 unspecified atom stereocenters. The van der Waals surface area contributed by atoms with Crippen LogP contribution in [0.15, 0.2) is 164 Å². The third-order valence-electron chi connectivity index (χ3n) is 8.78. The Morgan fingerprint density at radius 3 is 1.74 bits per heavy atom. The number of hydrogen-bond donors (Lipinski definition) is 0. The van der Waals surface area contributed by atoms with Gasteiger partial charge in [-0.25, -0.2) is 0 Å². The first-order valence-electron chi connectivity index (χ1n) is 15.4. The van der Waals surface area contributed by atoms with Crippen molar-refractivity contribution in [2.45, 2.75) is 0 Å². The van der Waals surface area contributed by atoms with Gasteiger partial charge in [0.2, 0.25) is 0 Å². The minimum Gasteiger partial charge on any atom is -0.275 e. The molecule has 0 saturated heterocycles. The SMILES string of the molecule is c1ccc(-c2nnc(-c3ccc(-c4cccc5c4sc4ccccc45)cc3)n2-c2ccc(-c3cccc4ccccc34)cc2)cc1. The lowest BCUT2D eigenvalue weighted by Gasteiger charge is -2.13. The first-order valence-corrected chi connectivity index (χ1v) is 16.2. The van der Waals surface area contributed by atoms with Crippen molar-refractivity contribution in [1.82, 2.24) is 14.8 Å². The maximum atomic E-state index is 4.76. The fourth-order valence-electron chi connectivity index (χ4n) is 6.53. The Bertz CT molecular complexity index is 2500. The number of thiophene rings is 1. The van der Waals surface area contributed by atoms with Crippen LogP contribution in [0.4, 0.5) is 0 Å². The molecule has 0 aliphatic carbocycles. The van der Waals surface area contributed by atoms with Crippen molar-refractivity contribution in [2.75, 3.05) is 0 Å². The van der Waals surface area contributed by atoms with Gasteiger partial charge in [0.25, 0.3) is 0 Å². The van der Waals surface area contributed by atoms with Crippen molar-refractivity contribution < 1.29 is 0 Å². The van der Waals surface area contributed by atoms with E-state index in [-0.39, 0.29) is 0 Å². The molecular formula is C42H27N3S. The minimum atomic E-state index is 0.809. The Labute approximate surface area is 270 Å². The van der Waals surface area contributed by atoms with Gasteiger partial charge in [0.05, 0.1) is 0 Å². The first-order chi connectivity index (χ1) is 22.8. The van der Waals surface area contributed by atoms with Crippen molar-refractivity contribution in [3.8, 4) is 50.7 Å². The van der Waals surface area contributed by atoms with Crippen molar-refractivity contribution >= 4 is 42.3 Å². The molecule has 3 nitrogen and oxygen atoms in total. The van der Waals surface area contributed by atoms with E-state index < -0.39 is 0 Å². The van der Waals surface area contributed by atoms with Gasteiger partial charge in [0.1, 0.15) is 0 Å². The molecule has 0 amide bonds. The van der Waals surface area contributed by atoms with Crippen LogP contribution in [0.1, 0.15) is 0 Å². The van der Waals surface area contributed by atoms with E-state index in [9.17, 15) is 0 Å². The Hall–Kier alpha value is -5.84. The molecule has 0 N–H and O–H groups in total. The monoisotopic (exact) mass is 605 g/mol. The average Bonchev–Trinajstić information content (AvgIpc) is 3.75. The highest BCUT2D eigenvalue weighted by atomic mass is 32.1. The average molecular weight is 606 g/mol. The predicted molar refractivity (Wildman–Crippen MR) is 193 cm³/mol. The molecular weight excluding hydrogens is 579 g/mol. The molecule has 0 aliphatic rings. The van der Waals surface area contributed by atoms with Gasteiger partial charge in [-0.15, -0.1) is 21.5 Å². The number of hydrogen-bond acceptors (Lipinski definition) is 3. The van der Waals surface area contributed by atoms with Crippen LogP contribution in [0.5, 0.6) is 0 Å². The number of fused-ring (bicyclic) bond motifs is 4. The summed E-state index contributed by atoms with van der Waals surface area (Å²) < 4.78 is 4.80. The van der Waals surface area contributed by atoms with Crippen LogP contribution in [0.2, 0.25) is 0 Å². The summed E-state index contributed by atoms with van der Waals surface area (Å²) >= 11 is 1.86. The maximum absolute atomic E-state index is 4.76. The second kappa shape index (κ2) is 11.0. The third kappa shape index (κ3) is 4.42. The number of aromatic nitrogens is 3. The van der Waals surface area contributed by atoms with Crippen LogP contribution in [0.25, 0.3) is 81.7 Å². The smallest absolute Gasteiger partial charge is 0.168 e. The molecule has 2 aromatic heterocycles. The van der Waals surface area contributed by atoms with Crippen LogP contribution in [0.3, 0.4) is 0 Å². The Morgan fingerprint density at radius 1 is 0.391 bits per heavy atom. The lowest BCUT2D eigenvalue weighted by molar-refractivity contribution is 1.07. The topological polar surface area (TPSA) is 30.7 Å². The minimum absolute atomic E-state index is 0.809. The van der Waals surface area contributed by atoms with E-state index in [0.717, 1.165) is 28.5 Å². The molecule has 0 aliphatic heterocycles. The fourth-order valence-corrected chi connectivity index (χ4v) is 7.77. The molecule has 46 heavy (non-hydrogen) atoms. The van der Waals surface area contributed by atoms with Crippen LogP contribution in [-0.2, 0) is 0 Å².